The number of carbonyl (C=O) groups excluding carboxylic acids is 1. The van der Waals surface area contributed by atoms with Gasteiger partial charge in [0.05, 0.1) is 11.4 Å². The quantitative estimate of drug-likeness (QED) is 0.658. The SMILES string of the molecule is O=C(CN1CCC(c2nc(-c3cccs3)no2)CC1)NCc1ccccc1Cl. The van der Waals surface area contributed by atoms with Crippen LogP contribution in [0.2, 0.25) is 5.02 Å². The molecule has 6 nitrogen and oxygen atoms in total. The van der Waals surface area contributed by atoms with Crippen LogP contribution in [-0.4, -0.2) is 40.6 Å². The summed E-state index contributed by atoms with van der Waals surface area (Å²) in [5.74, 6) is 1.62. The Morgan fingerprint density at radius 3 is 2.82 bits per heavy atom. The van der Waals surface area contributed by atoms with Crippen LogP contribution in [0.25, 0.3) is 10.7 Å². The molecule has 1 amide bonds. The van der Waals surface area contributed by atoms with Crippen LogP contribution < -0.4 is 5.32 Å². The molecule has 1 aliphatic heterocycles. The molecule has 1 N–H and O–H groups in total. The van der Waals surface area contributed by atoms with E-state index in [1.807, 2.05) is 41.8 Å². The summed E-state index contributed by atoms with van der Waals surface area (Å²) in [4.78, 5) is 20.0. The van der Waals surface area contributed by atoms with Crippen LogP contribution in [-0.2, 0) is 11.3 Å². The fourth-order valence-corrected chi connectivity index (χ4v) is 4.19. The van der Waals surface area contributed by atoms with Gasteiger partial charge in [-0.1, -0.05) is 41.0 Å². The molecule has 1 fully saturated rings. The third-order valence-electron chi connectivity index (χ3n) is 4.92. The van der Waals surface area contributed by atoms with E-state index in [2.05, 4.69) is 20.4 Å². The Kier molecular flexibility index (Phi) is 6.04. The van der Waals surface area contributed by atoms with Gasteiger partial charge in [0.2, 0.25) is 17.6 Å². The molecule has 3 heterocycles. The van der Waals surface area contributed by atoms with Gasteiger partial charge in [-0.15, -0.1) is 11.3 Å². The van der Waals surface area contributed by atoms with E-state index in [-0.39, 0.29) is 11.8 Å². The van der Waals surface area contributed by atoms with Crippen molar-refractivity contribution >= 4 is 28.8 Å². The van der Waals surface area contributed by atoms with Crippen molar-refractivity contribution < 1.29 is 9.32 Å². The highest BCUT2D eigenvalue weighted by Crippen LogP contribution is 2.29. The van der Waals surface area contributed by atoms with E-state index in [1.54, 1.807) is 11.3 Å². The number of amides is 1. The highest BCUT2D eigenvalue weighted by atomic mass is 35.5. The summed E-state index contributed by atoms with van der Waals surface area (Å²) in [6.45, 7) is 2.51. The smallest absolute Gasteiger partial charge is 0.234 e. The third kappa shape index (κ3) is 4.60. The Morgan fingerprint density at radius 2 is 2.07 bits per heavy atom. The zero-order chi connectivity index (χ0) is 19.3. The number of halogens is 1. The Balaban J connectivity index is 1.24. The monoisotopic (exact) mass is 416 g/mol. The second-order valence-corrected chi connectivity index (χ2v) is 8.21. The highest BCUT2D eigenvalue weighted by Gasteiger charge is 2.26. The van der Waals surface area contributed by atoms with Crippen molar-refractivity contribution in [3.63, 3.8) is 0 Å². The Bertz CT molecular complexity index is 920. The lowest BCUT2D eigenvalue weighted by molar-refractivity contribution is -0.122. The molecular weight excluding hydrogens is 396 g/mol. The van der Waals surface area contributed by atoms with E-state index in [4.69, 9.17) is 16.1 Å². The van der Waals surface area contributed by atoms with Gasteiger partial charge >= 0.3 is 0 Å². The van der Waals surface area contributed by atoms with Crippen LogP contribution in [0.5, 0.6) is 0 Å². The van der Waals surface area contributed by atoms with Crippen LogP contribution in [0.4, 0.5) is 0 Å². The van der Waals surface area contributed by atoms with Gasteiger partial charge in [0.1, 0.15) is 0 Å². The molecule has 1 saturated heterocycles. The maximum Gasteiger partial charge on any atom is 0.234 e. The molecular formula is C20H21ClN4O2S. The van der Waals surface area contributed by atoms with Crippen LogP contribution in [0.1, 0.15) is 30.2 Å². The van der Waals surface area contributed by atoms with Crippen LogP contribution in [0, 0.1) is 0 Å². The Morgan fingerprint density at radius 1 is 1.25 bits per heavy atom. The lowest BCUT2D eigenvalue weighted by Gasteiger charge is -2.29. The third-order valence-corrected chi connectivity index (χ3v) is 6.16. The van der Waals surface area contributed by atoms with Gasteiger partial charge in [-0.3, -0.25) is 9.69 Å². The predicted octanol–water partition coefficient (Wildman–Crippen LogP) is 3.95. The van der Waals surface area contributed by atoms with Crippen molar-refractivity contribution in [2.75, 3.05) is 19.6 Å². The number of thiophene rings is 1. The minimum Gasteiger partial charge on any atom is -0.351 e. The van der Waals surface area contributed by atoms with Crippen molar-refractivity contribution in [3.05, 3.63) is 58.3 Å². The fourth-order valence-electron chi connectivity index (χ4n) is 3.34. The number of rotatable bonds is 6. The second kappa shape index (κ2) is 8.86. The number of benzene rings is 1. The maximum absolute atomic E-state index is 12.2. The minimum absolute atomic E-state index is 0.0103. The van der Waals surface area contributed by atoms with Crippen molar-refractivity contribution in [3.8, 4) is 10.7 Å². The molecule has 0 bridgehead atoms. The number of piperidine rings is 1. The summed E-state index contributed by atoms with van der Waals surface area (Å²) >= 11 is 7.73. The Hall–Kier alpha value is -2.22. The molecule has 1 aromatic carbocycles. The lowest BCUT2D eigenvalue weighted by atomic mass is 9.97. The van der Waals surface area contributed by atoms with Crippen LogP contribution in [0.15, 0.2) is 46.3 Å². The van der Waals surface area contributed by atoms with E-state index >= 15 is 0 Å². The van der Waals surface area contributed by atoms with Crippen molar-refractivity contribution in [1.82, 2.24) is 20.4 Å². The van der Waals surface area contributed by atoms with Gasteiger partial charge in [0, 0.05) is 17.5 Å². The zero-order valence-corrected chi connectivity index (χ0v) is 16.9. The number of carbonyl (C=O) groups is 1. The molecule has 8 heteroatoms. The average Bonchev–Trinajstić information content (AvgIpc) is 3.40. The molecule has 28 heavy (non-hydrogen) atoms. The van der Waals surface area contributed by atoms with Gasteiger partial charge in [0.15, 0.2) is 0 Å². The lowest BCUT2D eigenvalue weighted by Crippen LogP contribution is -2.41. The van der Waals surface area contributed by atoms with Crippen LogP contribution in [0.3, 0.4) is 0 Å². The summed E-state index contributed by atoms with van der Waals surface area (Å²) in [5, 5.41) is 9.71. The summed E-state index contributed by atoms with van der Waals surface area (Å²) in [5.41, 5.74) is 0.925. The van der Waals surface area contributed by atoms with E-state index in [0.29, 0.717) is 29.8 Å². The second-order valence-electron chi connectivity index (χ2n) is 6.85. The highest BCUT2D eigenvalue weighted by molar-refractivity contribution is 7.13. The van der Waals surface area contributed by atoms with Gasteiger partial charge in [-0.05, 0) is 49.0 Å². The van der Waals surface area contributed by atoms with Gasteiger partial charge in [-0.25, -0.2) is 0 Å². The van der Waals surface area contributed by atoms with E-state index in [1.165, 1.54) is 0 Å². The number of nitrogens with one attached hydrogen (secondary N) is 1. The summed E-state index contributed by atoms with van der Waals surface area (Å²) in [6, 6.07) is 11.5. The predicted molar refractivity (Wildman–Crippen MR) is 109 cm³/mol. The molecule has 0 spiro atoms. The zero-order valence-electron chi connectivity index (χ0n) is 15.3. The number of aromatic nitrogens is 2. The van der Waals surface area contributed by atoms with Crippen molar-refractivity contribution in [1.29, 1.82) is 0 Å². The topological polar surface area (TPSA) is 71.3 Å². The normalized spacial score (nSPS) is 15.6. The minimum atomic E-state index is 0.0103. The molecule has 0 radical (unpaired) electrons. The van der Waals surface area contributed by atoms with Crippen molar-refractivity contribution in [2.45, 2.75) is 25.3 Å². The molecule has 3 aromatic rings. The number of nitrogens with zero attached hydrogens (tertiary/aromatic N) is 3. The summed E-state index contributed by atoms with van der Waals surface area (Å²) in [7, 11) is 0. The van der Waals surface area contributed by atoms with Gasteiger partial charge in [-0.2, -0.15) is 4.98 Å². The molecule has 0 atom stereocenters. The van der Waals surface area contributed by atoms with Gasteiger partial charge < -0.3 is 9.84 Å². The summed E-state index contributed by atoms with van der Waals surface area (Å²) < 4.78 is 5.48. The first-order valence-electron chi connectivity index (χ1n) is 9.29. The first-order valence-corrected chi connectivity index (χ1v) is 10.5. The largest absolute Gasteiger partial charge is 0.351 e. The standard InChI is InChI=1S/C20H21ClN4O2S/c21-16-5-2-1-4-15(16)12-22-18(26)13-25-9-7-14(8-10-25)20-23-19(24-27-20)17-6-3-11-28-17/h1-6,11,14H,7-10,12-13H2,(H,22,26). The van der Waals surface area contributed by atoms with E-state index < -0.39 is 0 Å². The van der Waals surface area contributed by atoms with E-state index in [9.17, 15) is 4.79 Å². The van der Waals surface area contributed by atoms with Crippen molar-refractivity contribution in [2.24, 2.45) is 0 Å². The van der Waals surface area contributed by atoms with E-state index in [0.717, 1.165) is 36.4 Å². The molecule has 0 saturated carbocycles. The number of likely N-dealkylation sites (tertiary alicyclic amines) is 1. The fraction of sp³-hybridized carbons (Fsp3) is 0.350. The summed E-state index contributed by atoms with van der Waals surface area (Å²) in [6.07, 6.45) is 1.81. The Labute approximate surface area is 172 Å². The average molecular weight is 417 g/mol. The first-order chi connectivity index (χ1) is 13.7. The number of hydrogen-bond donors (Lipinski definition) is 1. The number of hydrogen-bond acceptors (Lipinski definition) is 6. The van der Waals surface area contributed by atoms with Gasteiger partial charge in [0.25, 0.3) is 0 Å². The molecule has 2 aromatic heterocycles. The molecule has 0 unspecified atom stereocenters. The molecule has 146 valence electrons. The maximum atomic E-state index is 12.2. The first kappa shape index (κ1) is 19.1. The molecule has 0 aliphatic carbocycles. The molecule has 1 aliphatic rings. The van der Waals surface area contributed by atoms with Crippen LogP contribution >= 0.6 is 22.9 Å². The molecule has 4 rings (SSSR count).